The summed E-state index contributed by atoms with van der Waals surface area (Å²) in [5, 5.41) is 10.7. The Morgan fingerprint density at radius 3 is 2.30 bits per heavy atom. The maximum Gasteiger partial charge on any atom is 0.269 e. The number of sulfonamides is 1. The van der Waals surface area contributed by atoms with Crippen LogP contribution in [0.4, 0.5) is 5.69 Å². The van der Waals surface area contributed by atoms with Crippen molar-refractivity contribution >= 4 is 15.7 Å². The average molecular weight is 330 g/mol. The number of nitrogens with zero attached hydrogens (tertiary/aromatic N) is 2. The van der Waals surface area contributed by atoms with E-state index in [4.69, 9.17) is 0 Å². The first-order valence-electron chi connectivity index (χ1n) is 6.98. The van der Waals surface area contributed by atoms with Crippen LogP contribution >= 0.6 is 0 Å². The topological polar surface area (TPSA) is 80.5 Å². The van der Waals surface area contributed by atoms with E-state index in [-0.39, 0.29) is 23.2 Å². The molecule has 0 saturated heterocycles. The first-order chi connectivity index (χ1) is 11.0. The van der Waals surface area contributed by atoms with Crippen molar-refractivity contribution < 1.29 is 13.3 Å². The number of nitro benzene ring substituents is 1. The highest BCUT2D eigenvalue weighted by Gasteiger charge is 2.33. The molecule has 0 N–H and O–H groups in total. The second-order valence-corrected chi connectivity index (χ2v) is 7.00. The van der Waals surface area contributed by atoms with E-state index in [9.17, 15) is 18.5 Å². The molecule has 0 amide bonds. The number of benzene rings is 2. The Balaban J connectivity index is 1.94. The predicted octanol–water partition coefficient (Wildman–Crippen LogP) is 2.90. The molecule has 2 aromatic carbocycles. The third-order valence-electron chi connectivity index (χ3n) is 3.71. The lowest BCUT2D eigenvalue weighted by molar-refractivity contribution is -0.384. The molecule has 3 rings (SSSR count). The van der Waals surface area contributed by atoms with E-state index >= 15 is 0 Å². The first kappa shape index (κ1) is 15.4. The Hall–Kier alpha value is -2.51. The predicted molar refractivity (Wildman–Crippen MR) is 85.3 cm³/mol. The number of hydrogen-bond donors (Lipinski definition) is 0. The fraction of sp³-hybridized carbons (Fsp3) is 0.125. The largest absolute Gasteiger partial charge is 0.269 e. The van der Waals surface area contributed by atoms with E-state index in [1.807, 2.05) is 36.4 Å². The van der Waals surface area contributed by atoms with E-state index in [0.29, 0.717) is 0 Å². The van der Waals surface area contributed by atoms with Crippen molar-refractivity contribution in [3.63, 3.8) is 0 Å². The van der Waals surface area contributed by atoms with Gasteiger partial charge in [-0.3, -0.25) is 10.1 Å². The molecule has 1 heterocycles. The molecule has 1 aliphatic rings. The van der Waals surface area contributed by atoms with Crippen molar-refractivity contribution in [3.05, 3.63) is 82.4 Å². The molecule has 0 aliphatic carbocycles. The maximum atomic E-state index is 12.8. The molecule has 23 heavy (non-hydrogen) atoms. The Labute approximate surface area is 133 Å². The molecule has 0 bridgehead atoms. The molecule has 2 aromatic rings. The van der Waals surface area contributed by atoms with Crippen LogP contribution in [0.1, 0.15) is 11.6 Å². The summed E-state index contributed by atoms with van der Waals surface area (Å²) in [5.41, 5.74) is 0.745. The monoisotopic (exact) mass is 330 g/mol. The summed E-state index contributed by atoms with van der Waals surface area (Å²) in [6.45, 7) is 0.277. The van der Waals surface area contributed by atoms with E-state index in [2.05, 4.69) is 0 Å². The van der Waals surface area contributed by atoms with Crippen LogP contribution < -0.4 is 0 Å². The van der Waals surface area contributed by atoms with Crippen LogP contribution in [0.25, 0.3) is 0 Å². The van der Waals surface area contributed by atoms with Gasteiger partial charge in [-0.2, -0.15) is 4.31 Å². The lowest BCUT2D eigenvalue weighted by Gasteiger charge is -2.24. The maximum absolute atomic E-state index is 12.8. The van der Waals surface area contributed by atoms with Gasteiger partial charge in [-0.25, -0.2) is 8.42 Å². The third-order valence-corrected chi connectivity index (χ3v) is 5.57. The standard InChI is InChI=1S/C16H14N2O4S/c19-18(20)14-8-10-15(11-9-14)23(21,22)17-12-4-7-16(17)13-5-2-1-3-6-13/h1-11,16H,12H2/t16-/m0/s1. The molecule has 6 nitrogen and oxygen atoms in total. The number of hydrogen-bond acceptors (Lipinski definition) is 4. The van der Waals surface area contributed by atoms with Crippen molar-refractivity contribution in [2.75, 3.05) is 6.54 Å². The van der Waals surface area contributed by atoms with Crippen LogP contribution in [0.15, 0.2) is 71.6 Å². The number of non-ortho nitro benzene ring substituents is 1. The molecule has 0 unspecified atom stereocenters. The van der Waals surface area contributed by atoms with Crippen LogP contribution in [0, 0.1) is 10.1 Å². The zero-order chi connectivity index (χ0) is 16.4. The average Bonchev–Trinajstić information content (AvgIpc) is 3.06. The minimum absolute atomic E-state index is 0.0488. The van der Waals surface area contributed by atoms with Crippen molar-refractivity contribution in [2.45, 2.75) is 10.9 Å². The van der Waals surface area contributed by atoms with Crippen molar-refractivity contribution in [3.8, 4) is 0 Å². The summed E-state index contributed by atoms with van der Waals surface area (Å²) in [6.07, 6.45) is 3.65. The summed E-state index contributed by atoms with van der Waals surface area (Å²) in [5.74, 6) is 0. The highest BCUT2D eigenvalue weighted by atomic mass is 32.2. The molecular formula is C16H14N2O4S. The van der Waals surface area contributed by atoms with Crippen molar-refractivity contribution in [1.82, 2.24) is 4.31 Å². The van der Waals surface area contributed by atoms with Gasteiger partial charge in [0.2, 0.25) is 10.0 Å². The molecular weight excluding hydrogens is 316 g/mol. The van der Waals surface area contributed by atoms with Crippen molar-refractivity contribution in [2.24, 2.45) is 0 Å². The van der Waals surface area contributed by atoms with E-state index in [0.717, 1.165) is 5.56 Å². The normalized spacial score (nSPS) is 18.2. The zero-order valence-electron chi connectivity index (χ0n) is 12.1. The van der Waals surface area contributed by atoms with Crippen LogP contribution in [-0.2, 0) is 10.0 Å². The fourth-order valence-electron chi connectivity index (χ4n) is 2.55. The minimum atomic E-state index is -3.73. The highest BCUT2D eigenvalue weighted by Crippen LogP contribution is 2.32. The van der Waals surface area contributed by atoms with Gasteiger partial charge < -0.3 is 0 Å². The smallest absolute Gasteiger partial charge is 0.258 e. The lowest BCUT2D eigenvalue weighted by Crippen LogP contribution is -2.31. The third kappa shape index (κ3) is 2.88. The molecule has 0 saturated carbocycles. The van der Waals surface area contributed by atoms with Crippen LogP contribution in [0.5, 0.6) is 0 Å². The van der Waals surface area contributed by atoms with Gasteiger partial charge in [0, 0.05) is 18.7 Å². The van der Waals surface area contributed by atoms with Gasteiger partial charge in [-0.05, 0) is 17.7 Å². The van der Waals surface area contributed by atoms with E-state index < -0.39 is 14.9 Å². The van der Waals surface area contributed by atoms with Gasteiger partial charge in [-0.1, -0.05) is 42.5 Å². The Kier molecular flexibility index (Phi) is 3.97. The van der Waals surface area contributed by atoms with E-state index in [1.54, 1.807) is 6.08 Å². The number of rotatable bonds is 4. The second kappa shape index (κ2) is 5.94. The molecule has 118 valence electrons. The summed E-state index contributed by atoms with van der Waals surface area (Å²) in [7, 11) is -3.73. The van der Waals surface area contributed by atoms with E-state index in [1.165, 1.54) is 28.6 Å². The molecule has 0 spiro atoms. The minimum Gasteiger partial charge on any atom is -0.258 e. The summed E-state index contributed by atoms with van der Waals surface area (Å²) < 4.78 is 27.0. The summed E-state index contributed by atoms with van der Waals surface area (Å²) >= 11 is 0. The lowest BCUT2D eigenvalue weighted by atomic mass is 10.1. The summed E-state index contributed by atoms with van der Waals surface area (Å²) in [6, 6.07) is 13.9. The fourth-order valence-corrected chi connectivity index (χ4v) is 4.08. The van der Waals surface area contributed by atoms with Gasteiger partial charge in [0.1, 0.15) is 0 Å². The van der Waals surface area contributed by atoms with Gasteiger partial charge in [-0.15, -0.1) is 0 Å². The van der Waals surface area contributed by atoms with Gasteiger partial charge >= 0.3 is 0 Å². The van der Waals surface area contributed by atoms with Gasteiger partial charge in [0.15, 0.2) is 0 Å². The summed E-state index contributed by atoms with van der Waals surface area (Å²) in [4.78, 5) is 10.2. The Bertz CT molecular complexity index is 845. The van der Waals surface area contributed by atoms with Gasteiger partial charge in [0.25, 0.3) is 5.69 Å². The molecule has 1 aliphatic heterocycles. The molecule has 1 atom stereocenters. The van der Waals surface area contributed by atoms with Crippen LogP contribution in [0.3, 0.4) is 0 Å². The zero-order valence-corrected chi connectivity index (χ0v) is 12.9. The second-order valence-electron chi connectivity index (χ2n) is 5.11. The van der Waals surface area contributed by atoms with Gasteiger partial charge in [0.05, 0.1) is 15.9 Å². The molecule has 0 fully saturated rings. The van der Waals surface area contributed by atoms with Crippen LogP contribution in [0.2, 0.25) is 0 Å². The highest BCUT2D eigenvalue weighted by molar-refractivity contribution is 7.89. The first-order valence-corrected chi connectivity index (χ1v) is 8.42. The van der Waals surface area contributed by atoms with Crippen molar-refractivity contribution in [1.29, 1.82) is 0 Å². The molecule has 0 aromatic heterocycles. The molecule has 7 heteroatoms. The van der Waals surface area contributed by atoms with Crippen LogP contribution in [-0.4, -0.2) is 24.2 Å². The molecule has 0 radical (unpaired) electrons. The quantitative estimate of drug-likeness (QED) is 0.490. The number of nitro groups is 1. The Morgan fingerprint density at radius 1 is 1.04 bits per heavy atom. The SMILES string of the molecule is O=[N+]([O-])c1ccc(S(=O)(=O)N2CC=C[C@H]2c2ccccc2)cc1. The Morgan fingerprint density at radius 2 is 1.70 bits per heavy atom.